The molecule has 2 aromatic rings. The number of hydrogen-bond acceptors (Lipinski definition) is 4. The van der Waals surface area contributed by atoms with Crippen LogP contribution >= 0.6 is 11.8 Å². The van der Waals surface area contributed by atoms with E-state index in [9.17, 15) is 18.8 Å². The molecule has 0 aliphatic rings. The largest absolute Gasteiger partial charge is 0.336 e. The Hall–Kier alpha value is -2.67. The maximum atomic E-state index is 14.0. The zero-order chi connectivity index (χ0) is 20.7. The first-order valence-electron chi connectivity index (χ1n) is 8.86. The van der Waals surface area contributed by atoms with Gasteiger partial charge in [-0.05, 0) is 37.1 Å². The number of ketones is 1. The molecule has 1 N–H and O–H groups in total. The van der Waals surface area contributed by atoms with E-state index >= 15 is 0 Å². The van der Waals surface area contributed by atoms with E-state index in [0.717, 1.165) is 35.5 Å². The summed E-state index contributed by atoms with van der Waals surface area (Å²) in [6.45, 7) is 3.27. The molecule has 0 heterocycles. The summed E-state index contributed by atoms with van der Waals surface area (Å²) in [7, 11) is 1.53. The Labute approximate surface area is 168 Å². The van der Waals surface area contributed by atoms with Crippen molar-refractivity contribution in [1.29, 1.82) is 0 Å². The lowest BCUT2D eigenvalue weighted by Crippen LogP contribution is -2.36. The van der Waals surface area contributed by atoms with Gasteiger partial charge < -0.3 is 10.2 Å². The summed E-state index contributed by atoms with van der Waals surface area (Å²) in [5, 5.41) is 2.82. The number of thioether (sulfide) groups is 1. The van der Waals surface area contributed by atoms with Crippen LogP contribution in [-0.2, 0) is 16.0 Å². The van der Waals surface area contributed by atoms with Crippen molar-refractivity contribution in [3.05, 3.63) is 59.4 Å². The molecule has 0 unspecified atom stereocenters. The van der Waals surface area contributed by atoms with Crippen molar-refractivity contribution in [2.45, 2.75) is 25.2 Å². The number of benzene rings is 2. The quantitative estimate of drug-likeness (QED) is 0.539. The third-order valence-electron chi connectivity index (χ3n) is 4.17. The lowest BCUT2D eigenvalue weighted by Gasteiger charge is -2.17. The average molecular weight is 402 g/mol. The number of hydrogen-bond donors (Lipinski definition) is 1. The van der Waals surface area contributed by atoms with Crippen LogP contribution in [0.15, 0.2) is 47.4 Å². The molecule has 148 valence electrons. The SMILES string of the molecule is CCc1ccccc1NC(=O)CN(C)C(=O)CSc1ccc(C(C)=O)cc1F. The minimum absolute atomic E-state index is 0.00827. The number of rotatable bonds is 8. The highest BCUT2D eigenvalue weighted by atomic mass is 32.2. The first-order valence-corrected chi connectivity index (χ1v) is 9.85. The van der Waals surface area contributed by atoms with Crippen molar-refractivity contribution in [2.24, 2.45) is 0 Å². The normalized spacial score (nSPS) is 10.4. The van der Waals surface area contributed by atoms with Gasteiger partial charge in [-0.1, -0.05) is 31.2 Å². The molecule has 0 radical (unpaired) electrons. The van der Waals surface area contributed by atoms with Gasteiger partial charge in [0.1, 0.15) is 5.82 Å². The Morgan fingerprint density at radius 1 is 1.14 bits per heavy atom. The molecule has 2 aromatic carbocycles. The molecule has 0 bridgehead atoms. The van der Waals surface area contributed by atoms with Gasteiger partial charge in [0, 0.05) is 23.2 Å². The summed E-state index contributed by atoms with van der Waals surface area (Å²) < 4.78 is 14.0. The van der Waals surface area contributed by atoms with Gasteiger partial charge in [-0.2, -0.15) is 0 Å². The summed E-state index contributed by atoms with van der Waals surface area (Å²) in [4.78, 5) is 37.3. The third kappa shape index (κ3) is 5.92. The van der Waals surface area contributed by atoms with E-state index in [2.05, 4.69) is 5.32 Å². The van der Waals surface area contributed by atoms with E-state index in [1.54, 1.807) is 0 Å². The zero-order valence-corrected chi connectivity index (χ0v) is 16.9. The number of halogens is 1. The average Bonchev–Trinajstić information content (AvgIpc) is 2.66. The first-order chi connectivity index (χ1) is 13.3. The van der Waals surface area contributed by atoms with Crippen LogP contribution in [0.1, 0.15) is 29.8 Å². The van der Waals surface area contributed by atoms with Crippen molar-refractivity contribution < 1.29 is 18.8 Å². The number of carbonyl (C=O) groups excluding carboxylic acids is 3. The fourth-order valence-electron chi connectivity index (χ4n) is 2.53. The highest BCUT2D eigenvalue weighted by molar-refractivity contribution is 8.00. The van der Waals surface area contributed by atoms with Crippen LogP contribution in [0.2, 0.25) is 0 Å². The van der Waals surface area contributed by atoms with Gasteiger partial charge >= 0.3 is 0 Å². The number of nitrogens with one attached hydrogen (secondary N) is 1. The first kappa shape index (κ1) is 21.6. The molecule has 0 aliphatic carbocycles. The maximum Gasteiger partial charge on any atom is 0.243 e. The van der Waals surface area contributed by atoms with Crippen LogP contribution in [0.5, 0.6) is 0 Å². The zero-order valence-electron chi connectivity index (χ0n) is 16.1. The summed E-state index contributed by atoms with van der Waals surface area (Å²) >= 11 is 1.03. The highest BCUT2D eigenvalue weighted by Gasteiger charge is 2.15. The van der Waals surface area contributed by atoms with Crippen LogP contribution in [0, 0.1) is 5.82 Å². The molecule has 7 heteroatoms. The Morgan fingerprint density at radius 3 is 2.50 bits per heavy atom. The molecule has 2 rings (SSSR count). The third-order valence-corrected chi connectivity index (χ3v) is 5.20. The van der Waals surface area contributed by atoms with Crippen molar-refractivity contribution in [3.8, 4) is 0 Å². The number of anilines is 1. The summed E-state index contributed by atoms with van der Waals surface area (Å²) in [6.07, 6.45) is 0.788. The van der Waals surface area contributed by atoms with Crippen LogP contribution in [-0.4, -0.2) is 41.8 Å². The number of likely N-dealkylation sites (N-methyl/N-ethyl adjacent to an activating group) is 1. The van der Waals surface area contributed by atoms with Crippen LogP contribution < -0.4 is 5.32 Å². The molecule has 2 amide bonds. The molecular weight excluding hydrogens is 379 g/mol. The Balaban J connectivity index is 1.89. The molecule has 28 heavy (non-hydrogen) atoms. The molecule has 0 atom stereocenters. The standard InChI is InChI=1S/C21H23FN2O3S/c1-4-15-7-5-6-8-18(15)23-20(26)12-24(3)21(27)13-28-19-10-9-16(14(2)25)11-17(19)22/h5-11H,4,12-13H2,1-3H3,(H,23,26). The van der Waals surface area contributed by atoms with E-state index in [1.807, 2.05) is 31.2 Å². The minimum atomic E-state index is -0.540. The molecular formula is C21H23FN2O3S. The summed E-state index contributed by atoms with van der Waals surface area (Å²) in [6, 6.07) is 11.7. The fraction of sp³-hybridized carbons (Fsp3) is 0.286. The van der Waals surface area contributed by atoms with Crippen LogP contribution in [0.3, 0.4) is 0 Å². The molecule has 0 spiro atoms. The lowest BCUT2D eigenvalue weighted by atomic mass is 10.1. The predicted octanol–water partition coefficient (Wildman–Crippen LogP) is 3.78. The number of Topliss-reactive ketones (excluding diaryl/α,β-unsaturated/α-hetero) is 1. The van der Waals surface area contributed by atoms with Gasteiger partial charge in [-0.3, -0.25) is 14.4 Å². The second kappa shape index (κ2) is 10.0. The molecule has 0 aliphatic heterocycles. The van der Waals surface area contributed by atoms with Gasteiger partial charge in [-0.25, -0.2) is 4.39 Å². The Morgan fingerprint density at radius 2 is 1.86 bits per heavy atom. The topological polar surface area (TPSA) is 66.5 Å². The van der Waals surface area contributed by atoms with E-state index < -0.39 is 5.82 Å². The van der Waals surface area contributed by atoms with E-state index in [-0.39, 0.29) is 40.4 Å². The van der Waals surface area contributed by atoms with E-state index in [1.165, 1.54) is 31.0 Å². The Bertz CT molecular complexity index is 886. The van der Waals surface area contributed by atoms with Gasteiger partial charge in [0.25, 0.3) is 0 Å². The van der Waals surface area contributed by atoms with Gasteiger partial charge in [0.05, 0.1) is 12.3 Å². The number of para-hydroxylation sites is 1. The molecule has 5 nitrogen and oxygen atoms in total. The van der Waals surface area contributed by atoms with Gasteiger partial charge in [0.2, 0.25) is 11.8 Å². The van der Waals surface area contributed by atoms with Crippen LogP contribution in [0.4, 0.5) is 10.1 Å². The maximum absolute atomic E-state index is 14.0. The molecule has 0 saturated carbocycles. The minimum Gasteiger partial charge on any atom is -0.336 e. The van der Waals surface area contributed by atoms with Gasteiger partial charge in [0.15, 0.2) is 5.78 Å². The molecule has 0 saturated heterocycles. The van der Waals surface area contributed by atoms with Crippen LogP contribution in [0.25, 0.3) is 0 Å². The van der Waals surface area contributed by atoms with Crippen molar-refractivity contribution in [1.82, 2.24) is 4.90 Å². The van der Waals surface area contributed by atoms with Crippen molar-refractivity contribution in [2.75, 3.05) is 24.7 Å². The smallest absolute Gasteiger partial charge is 0.243 e. The highest BCUT2D eigenvalue weighted by Crippen LogP contribution is 2.23. The Kier molecular flexibility index (Phi) is 7.75. The summed E-state index contributed by atoms with van der Waals surface area (Å²) in [5.41, 5.74) is 2.04. The van der Waals surface area contributed by atoms with E-state index in [4.69, 9.17) is 0 Å². The number of amides is 2. The van der Waals surface area contributed by atoms with E-state index in [0.29, 0.717) is 0 Å². The van der Waals surface area contributed by atoms with Gasteiger partial charge in [-0.15, -0.1) is 11.8 Å². The van der Waals surface area contributed by atoms with Crippen molar-refractivity contribution in [3.63, 3.8) is 0 Å². The van der Waals surface area contributed by atoms with Crippen molar-refractivity contribution >= 4 is 35.0 Å². The lowest BCUT2D eigenvalue weighted by molar-refractivity contribution is -0.131. The number of nitrogens with zero attached hydrogens (tertiary/aromatic N) is 1. The second-order valence-corrected chi connectivity index (χ2v) is 7.32. The second-order valence-electron chi connectivity index (χ2n) is 6.30. The number of aryl methyl sites for hydroxylation is 1. The monoisotopic (exact) mass is 402 g/mol. The molecule has 0 fully saturated rings. The fourth-order valence-corrected chi connectivity index (χ4v) is 3.39. The molecule has 0 aromatic heterocycles. The predicted molar refractivity (Wildman–Crippen MR) is 109 cm³/mol. The summed E-state index contributed by atoms with van der Waals surface area (Å²) in [5.74, 6) is -1.35. The number of carbonyl (C=O) groups is 3.